The monoisotopic (exact) mass is 702 g/mol. The van der Waals surface area contributed by atoms with Crippen molar-refractivity contribution in [2.45, 2.75) is 0 Å². The van der Waals surface area contributed by atoms with Crippen LogP contribution in [-0.4, -0.2) is 37.1 Å². The zero-order chi connectivity index (χ0) is 26.3. The summed E-state index contributed by atoms with van der Waals surface area (Å²) in [4.78, 5) is 8.25. The summed E-state index contributed by atoms with van der Waals surface area (Å²) >= 11 is 0. The second-order valence-electron chi connectivity index (χ2n) is 6.89. The third kappa shape index (κ3) is 10.6. The van der Waals surface area contributed by atoms with Gasteiger partial charge in [-0.1, -0.05) is 95.2 Å². The molecule has 204 valence electrons. The number of rotatable bonds is 4. The fraction of sp³-hybridized carbons (Fsp3) is 0. The van der Waals surface area contributed by atoms with E-state index in [9.17, 15) is 10.2 Å². The number of aromatic hydroxyl groups is 2. The van der Waals surface area contributed by atoms with Crippen molar-refractivity contribution in [1.82, 2.24) is 0 Å². The van der Waals surface area contributed by atoms with Crippen LogP contribution in [0.3, 0.4) is 0 Å². The van der Waals surface area contributed by atoms with E-state index in [0.717, 1.165) is 11.1 Å². The molecular weight excluding hydrogens is 682 g/mol. The van der Waals surface area contributed by atoms with Gasteiger partial charge < -0.3 is 35.9 Å². The van der Waals surface area contributed by atoms with Crippen LogP contribution in [0.4, 0.5) is 0 Å². The molecular formula is C26H22Ag2N3O7+. The smallest absolute Gasteiger partial charge is 0.507 e. The zero-order valence-corrected chi connectivity index (χ0v) is 22.3. The topological polar surface area (TPSA) is 172 Å². The van der Waals surface area contributed by atoms with Gasteiger partial charge in [0.15, 0.2) is 0 Å². The standard InChI is InChI=1S/2C13H11NO2.2Ag.NO3/c2*15-12-9-5-4-8-11(12)13(14-16)10-6-2-1-3-7-10;;;2-1(3)4/h2*1-9,15-16H;;;/q;;2*+1;-1. The molecule has 0 aliphatic heterocycles. The quantitative estimate of drug-likeness (QED) is 0.0762. The number of benzene rings is 4. The maximum Gasteiger partial charge on any atom is 1.00 e. The summed E-state index contributed by atoms with van der Waals surface area (Å²) < 4.78 is 0. The number of nitrogens with zero attached hydrogens (tertiary/aromatic N) is 3. The minimum Gasteiger partial charge on any atom is -0.507 e. The summed E-state index contributed by atoms with van der Waals surface area (Å²) in [6.45, 7) is 0. The van der Waals surface area contributed by atoms with Gasteiger partial charge >= 0.3 is 44.8 Å². The molecule has 0 saturated heterocycles. The van der Waals surface area contributed by atoms with E-state index in [4.69, 9.17) is 25.7 Å². The normalized spacial score (nSPS) is 10.2. The van der Waals surface area contributed by atoms with Gasteiger partial charge in [-0.3, -0.25) is 0 Å². The molecule has 0 unspecified atom stereocenters. The average Bonchev–Trinajstić information content (AvgIpc) is 2.89. The Hall–Kier alpha value is -3.90. The van der Waals surface area contributed by atoms with Crippen LogP contribution in [-0.2, 0) is 44.8 Å². The van der Waals surface area contributed by atoms with Crippen LogP contribution in [0.15, 0.2) is 120 Å². The van der Waals surface area contributed by atoms with Gasteiger partial charge in [-0.2, -0.15) is 0 Å². The minimum absolute atomic E-state index is 0. The predicted molar refractivity (Wildman–Crippen MR) is 134 cm³/mol. The molecule has 10 nitrogen and oxygen atoms in total. The van der Waals surface area contributed by atoms with Crippen molar-refractivity contribution in [3.63, 3.8) is 0 Å². The Morgan fingerprint density at radius 1 is 0.553 bits per heavy atom. The van der Waals surface area contributed by atoms with Crippen LogP contribution in [0.5, 0.6) is 11.5 Å². The van der Waals surface area contributed by atoms with Crippen LogP contribution in [0.25, 0.3) is 0 Å². The van der Waals surface area contributed by atoms with E-state index in [1.165, 1.54) is 0 Å². The molecule has 4 aromatic carbocycles. The molecule has 0 aromatic heterocycles. The summed E-state index contributed by atoms with van der Waals surface area (Å²) in [5.41, 5.74) is 3.25. The fourth-order valence-corrected chi connectivity index (χ4v) is 3.07. The maximum absolute atomic E-state index is 9.68. The van der Waals surface area contributed by atoms with Crippen LogP contribution < -0.4 is 0 Å². The molecule has 0 spiro atoms. The van der Waals surface area contributed by atoms with Gasteiger partial charge in [-0.25, -0.2) is 0 Å². The largest absolute Gasteiger partial charge is 1.00 e. The number of phenolic OH excluding ortho intramolecular Hbond substituents is 2. The van der Waals surface area contributed by atoms with E-state index in [1.54, 1.807) is 48.5 Å². The molecule has 12 heteroatoms. The third-order valence-corrected chi connectivity index (χ3v) is 4.61. The van der Waals surface area contributed by atoms with E-state index in [-0.39, 0.29) is 56.3 Å². The van der Waals surface area contributed by atoms with E-state index >= 15 is 0 Å². The van der Waals surface area contributed by atoms with Crippen molar-refractivity contribution in [3.05, 3.63) is 147 Å². The van der Waals surface area contributed by atoms with Crippen LogP contribution >= 0.6 is 0 Å². The second-order valence-corrected chi connectivity index (χ2v) is 6.89. The Balaban J connectivity index is 0.000000604. The summed E-state index contributed by atoms with van der Waals surface area (Å²) in [5.74, 6) is 0.193. The first-order valence-corrected chi connectivity index (χ1v) is 10.3. The molecule has 4 rings (SSSR count). The van der Waals surface area contributed by atoms with Crippen molar-refractivity contribution in [3.8, 4) is 11.5 Å². The van der Waals surface area contributed by atoms with Gasteiger partial charge in [-0.05, 0) is 24.3 Å². The fourth-order valence-electron chi connectivity index (χ4n) is 3.07. The second kappa shape index (κ2) is 18.4. The molecule has 0 aliphatic rings. The maximum atomic E-state index is 9.68. The Labute approximate surface area is 249 Å². The van der Waals surface area contributed by atoms with Gasteiger partial charge in [0.1, 0.15) is 22.9 Å². The zero-order valence-electron chi connectivity index (χ0n) is 19.4. The van der Waals surface area contributed by atoms with Crippen molar-refractivity contribution >= 4 is 11.4 Å². The molecule has 0 heterocycles. The van der Waals surface area contributed by atoms with Crippen LogP contribution in [0, 0.1) is 15.3 Å². The van der Waals surface area contributed by atoms with E-state index in [2.05, 4.69) is 10.3 Å². The number of oxime groups is 2. The summed E-state index contributed by atoms with van der Waals surface area (Å²) in [5, 5.41) is 58.7. The van der Waals surface area contributed by atoms with Gasteiger partial charge in [0.25, 0.3) is 0 Å². The molecule has 0 saturated carbocycles. The van der Waals surface area contributed by atoms with E-state index in [0.29, 0.717) is 22.6 Å². The minimum atomic E-state index is -1.75. The van der Waals surface area contributed by atoms with E-state index in [1.807, 2.05) is 60.7 Å². The van der Waals surface area contributed by atoms with Crippen LogP contribution in [0.1, 0.15) is 22.3 Å². The summed E-state index contributed by atoms with van der Waals surface area (Å²) in [6, 6.07) is 32.0. The molecule has 4 aromatic rings. The first-order valence-electron chi connectivity index (χ1n) is 10.3. The predicted octanol–water partition coefficient (Wildman–Crippen LogP) is 4.99. The third-order valence-electron chi connectivity index (χ3n) is 4.61. The summed E-state index contributed by atoms with van der Waals surface area (Å²) in [6.07, 6.45) is 0. The van der Waals surface area contributed by atoms with Gasteiger partial charge in [0, 0.05) is 22.3 Å². The molecule has 0 amide bonds. The Bertz CT molecular complexity index is 1220. The number of para-hydroxylation sites is 2. The molecule has 38 heavy (non-hydrogen) atoms. The van der Waals surface area contributed by atoms with Crippen molar-refractivity contribution in [2.24, 2.45) is 10.3 Å². The summed E-state index contributed by atoms with van der Waals surface area (Å²) in [7, 11) is 0. The molecule has 0 radical (unpaired) electrons. The number of hydrogen-bond acceptors (Lipinski definition) is 9. The van der Waals surface area contributed by atoms with Gasteiger partial charge in [0.2, 0.25) is 0 Å². The number of hydrogen-bond donors (Lipinski definition) is 4. The van der Waals surface area contributed by atoms with Crippen molar-refractivity contribution in [1.29, 1.82) is 0 Å². The Kier molecular flexibility index (Phi) is 16.5. The molecule has 0 aliphatic carbocycles. The first kappa shape index (κ1) is 34.1. The van der Waals surface area contributed by atoms with Gasteiger partial charge in [-0.15, -0.1) is 0 Å². The molecule has 4 N–H and O–H groups in total. The van der Waals surface area contributed by atoms with Crippen molar-refractivity contribution in [2.75, 3.05) is 0 Å². The Morgan fingerprint density at radius 3 is 1.08 bits per heavy atom. The average molecular weight is 704 g/mol. The number of phenols is 2. The Morgan fingerprint density at radius 2 is 0.816 bits per heavy atom. The van der Waals surface area contributed by atoms with Gasteiger partial charge in [0.05, 0.1) is 5.09 Å². The van der Waals surface area contributed by atoms with Crippen molar-refractivity contribution < 1.29 is 70.5 Å². The SMILES string of the molecule is O=[N+]([O-])[O-].ON=C(c1ccccc1)c1ccccc1O.ON=C(c1ccccc1)c1ccccc1O.[Ag+].[Ag+]. The molecule has 0 atom stereocenters. The first-order chi connectivity index (χ1) is 17.4. The molecule has 0 bridgehead atoms. The molecule has 0 fully saturated rings. The van der Waals surface area contributed by atoms with E-state index < -0.39 is 5.09 Å². The van der Waals surface area contributed by atoms with Crippen LogP contribution in [0.2, 0.25) is 0 Å².